The van der Waals surface area contributed by atoms with Crippen LogP contribution in [0, 0.1) is 0 Å². The van der Waals surface area contributed by atoms with Crippen molar-refractivity contribution in [1.82, 2.24) is 0 Å². The van der Waals surface area contributed by atoms with E-state index in [9.17, 15) is 4.79 Å². The highest BCUT2D eigenvalue weighted by atomic mass is 16.5. The maximum Gasteiger partial charge on any atom is 0.330 e. The van der Waals surface area contributed by atoms with Gasteiger partial charge < -0.3 is 4.74 Å². The SMILES string of the molecule is C=CC(=O)OCC=CC. The number of rotatable bonds is 3. The second kappa shape index (κ2) is 5.09. The second-order valence-corrected chi connectivity index (χ2v) is 1.40. The predicted octanol–water partition coefficient (Wildman–Crippen LogP) is 1.29. The molecule has 0 aromatic heterocycles. The first-order chi connectivity index (χ1) is 4.31. The molecule has 0 rings (SSSR count). The molecule has 50 valence electrons. The van der Waals surface area contributed by atoms with Crippen LogP contribution < -0.4 is 0 Å². The topological polar surface area (TPSA) is 26.3 Å². The molecule has 0 fully saturated rings. The highest BCUT2D eigenvalue weighted by Gasteiger charge is 1.88. The van der Waals surface area contributed by atoms with Crippen molar-refractivity contribution >= 4 is 5.97 Å². The van der Waals surface area contributed by atoms with Crippen molar-refractivity contribution in [2.45, 2.75) is 6.92 Å². The number of hydrogen-bond acceptors (Lipinski definition) is 2. The minimum absolute atomic E-state index is 0.335. The van der Waals surface area contributed by atoms with E-state index in [4.69, 9.17) is 0 Å². The van der Waals surface area contributed by atoms with Gasteiger partial charge in [0.15, 0.2) is 0 Å². The Morgan fingerprint density at radius 3 is 2.89 bits per heavy atom. The molecular weight excluding hydrogens is 116 g/mol. The van der Waals surface area contributed by atoms with Gasteiger partial charge in [-0.05, 0) is 6.92 Å². The Bertz CT molecular complexity index is 125. The normalized spacial score (nSPS) is 9.44. The smallest absolute Gasteiger partial charge is 0.330 e. The molecular formula is C7H10O2. The zero-order valence-electron chi connectivity index (χ0n) is 5.46. The summed E-state index contributed by atoms with van der Waals surface area (Å²) in [7, 11) is 0. The third-order valence-corrected chi connectivity index (χ3v) is 0.724. The second-order valence-electron chi connectivity index (χ2n) is 1.40. The average molecular weight is 126 g/mol. The molecule has 0 amide bonds. The fourth-order valence-electron chi connectivity index (χ4n) is 0.285. The minimum Gasteiger partial charge on any atom is -0.458 e. The van der Waals surface area contributed by atoms with E-state index in [0.29, 0.717) is 6.61 Å². The zero-order valence-corrected chi connectivity index (χ0v) is 5.46. The van der Waals surface area contributed by atoms with E-state index >= 15 is 0 Å². The lowest BCUT2D eigenvalue weighted by atomic mass is 10.5. The lowest BCUT2D eigenvalue weighted by Crippen LogP contribution is -1.98. The van der Waals surface area contributed by atoms with E-state index in [1.807, 2.05) is 13.0 Å². The highest BCUT2D eigenvalue weighted by molar-refractivity contribution is 5.81. The molecule has 0 aromatic rings. The van der Waals surface area contributed by atoms with Crippen LogP contribution in [-0.4, -0.2) is 12.6 Å². The molecule has 0 heterocycles. The third kappa shape index (κ3) is 4.81. The number of hydrogen-bond donors (Lipinski definition) is 0. The Kier molecular flexibility index (Phi) is 4.50. The summed E-state index contributed by atoms with van der Waals surface area (Å²) < 4.78 is 4.59. The molecule has 0 bridgehead atoms. The summed E-state index contributed by atoms with van der Waals surface area (Å²) in [5, 5.41) is 0. The molecule has 0 unspecified atom stereocenters. The van der Waals surface area contributed by atoms with E-state index < -0.39 is 0 Å². The van der Waals surface area contributed by atoms with Crippen molar-refractivity contribution in [3.05, 3.63) is 24.8 Å². The van der Waals surface area contributed by atoms with Crippen molar-refractivity contribution in [2.24, 2.45) is 0 Å². The summed E-state index contributed by atoms with van der Waals surface area (Å²) >= 11 is 0. The van der Waals surface area contributed by atoms with Gasteiger partial charge >= 0.3 is 5.97 Å². The largest absolute Gasteiger partial charge is 0.458 e. The number of ether oxygens (including phenoxy) is 1. The van der Waals surface area contributed by atoms with Crippen LogP contribution in [0.4, 0.5) is 0 Å². The molecule has 9 heavy (non-hydrogen) atoms. The first-order valence-corrected chi connectivity index (χ1v) is 2.71. The summed E-state index contributed by atoms with van der Waals surface area (Å²) in [4.78, 5) is 10.3. The highest BCUT2D eigenvalue weighted by Crippen LogP contribution is 1.79. The summed E-state index contributed by atoms with van der Waals surface area (Å²) in [6, 6.07) is 0. The van der Waals surface area contributed by atoms with Crippen LogP contribution in [0.5, 0.6) is 0 Å². The van der Waals surface area contributed by atoms with Gasteiger partial charge in [0.05, 0.1) is 0 Å². The quantitative estimate of drug-likeness (QED) is 0.323. The fourth-order valence-corrected chi connectivity index (χ4v) is 0.285. The van der Waals surface area contributed by atoms with Gasteiger partial charge in [0.2, 0.25) is 0 Å². The van der Waals surface area contributed by atoms with E-state index in [-0.39, 0.29) is 5.97 Å². The Hall–Kier alpha value is -1.05. The lowest BCUT2D eigenvalue weighted by molar-refractivity contribution is -0.136. The van der Waals surface area contributed by atoms with Gasteiger partial charge in [-0.1, -0.05) is 18.7 Å². The molecule has 2 heteroatoms. The average Bonchev–Trinajstić information content (AvgIpc) is 1.89. The van der Waals surface area contributed by atoms with Gasteiger partial charge in [0.25, 0.3) is 0 Å². The van der Waals surface area contributed by atoms with E-state index in [1.54, 1.807) is 6.08 Å². The molecule has 0 saturated carbocycles. The molecule has 0 saturated heterocycles. The lowest BCUT2D eigenvalue weighted by Gasteiger charge is -1.93. The molecule has 0 aliphatic rings. The van der Waals surface area contributed by atoms with Crippen LogP contribution in [-0.2, 0) is 9.53 Å². The third-order valence-electron chi connectivity index (χ3n) is 0.724. The molecule has 0 aliphatic carbocycles. The van der Waals surface area contributed by atoms with Crippen LogP contribution in [0.2, 0.25) is 0 Å². The maximum atomic E-state index is 10.3. The fraction of sp³-hybridized carbons (Fsp3) is 0.286. The van der Waals surface area contributed by atoms with Gasteiger partial charge in [-0.15, -0.1) is 0 Å². The zero-order chi connectivity index (χ0) is 7.11. The van der Waals surface area contributed by atoms with Gasteiger partial charge in [-0.3, -0.25) is 0 Å². The Morgan fingerprint density at radius 2 is 2.44 bits per heavy atom. The first kappa shape index (κ1) is 7.95. The summed E-state index contributed by atoms with van der Waals surface area (Å²) in [6.45, 7) is 5.44. The molecule has 2 nitrogen and oxygen atoms in total. The van der Waals surface area contributed by atoms with E-state index in [1.165, 1.54) is 0 Å². The maximum absolute atomic E-state index is 10.3. The summed E-state index contributed by atoms with van der Waals surface area (Å²) in [6.07, 6.45) is 4.71. The van der Waals surface area contributed by atoms with Gasteiger partial charge in [-0.2, -0.15) is 0 Å². The molecule has 0 radical (unpaired) electrons. The van der Waals surface area contributed by atoms with Gasteiger partial charge in [0.1, 0.15) is 6.61 Å². The summed E-state index contributed by atoms with van der Waals surface area (Å²) in [5.41, 5.74) is 0. The molecule has 0 aromatic carbocycles. The van der Waals surface area contributed by atoms with Crippen LogP contribution in [0.3, 0.4) is 0 Å². The first-order valence-electron chi connectivity index (χ1n) is 2.71. The van der Waals surface area contributed by atoms with Crippen LogP contribution in [0.25, 0.3) is 0 Å². The van der Waals surface area contributed by atoms with Crippen molar-refractivity contribution in [1.29, 1.82) is 0 Å². The summed E-state index contributed by atoms with van der Waals surface area (Å²) in [5.74, 6) is -0.381. The van der Waals surface area contributed by atoms with Crippen molar-refractivity contribution in [3.63, 3.8) is 0 Å². The monoisotopic (exact) mass is 126 g/mol. The van der Waals surface area contributed by atoms with Gasteiger partial charge in [-0.25, -0.2) is 4.79 Å². The Labute approximate surface area is 54.8 Å². The van der Waals surface area contributed by atoms with Crippen LogP contribution in [0.1, 0.15) is 6.92 Å². The Balaban J connectivity index is 3.27. The Morgan fingerprint density at radius 1 is 1.78 bits per heavy atom. The van der Waals surface area contributed by atoms with E-state index in [0.717, 1.165) is 6.08 Å². The number of allylic oxidation sites excluding steroid dienone is 1. The van der Waals surface area contributed by atoms with Crippen LogP contribution in [0.15, 0.2) is 24.8 Å². The van der Waals surface area contributed by atoms with Crippen molar-refractivity contribution in [3.8, 4) is 0 Å². The molecule has 0 atom stereocenters. The molecule has 0 spiro atoms. The molecule has 0 N–H and O–H groups in total. The minimum atomic E-state index is -0.381. The van der Waals surface area contributed by atoms with E-state index in [2.05, 4.69) is 11.3 Å². The van der Waals surface area contributed by atoms with Crippen molar-refractivity contribution in [2.75, 3.05) is 6.61 Å². The standard InChI is InChI=1S/C7H10O2/c1-3-5-6-9-7(8)4-2/h3-5H,2,6H2,1H3. The van der Waals surface area contributed by atoms with Crippen molar-refractivity contribution < 1.29 is 9.53 Å². The number of esters is 1. The number of carbonyl (C=O) groups excluding carboxylic acids is 1. The molecule has 0 aliphatic heterocycles. The number of carbonyl (C=O) groups is 1. The predicted molar refractivity (Wildman–Crippen MR) is 36.0 cm³/mol. The van der Waals surface area contributed by atoms with Gasteiger partial charge in [0, 0.05) is 6.08 Å². The van der Waals surface area contributed by atoms with Crippen LogP contribution >= 0.6 is 0 Å².